The van der Waals surface area contributed by atoms with Gasteiger partial charge in [0.05, 0.1) is 6.54 Å². The predicted molar refractivity (Wildman–Crippen MR) is 91.8 cm³/mol. The Labute approximate surface area is 139 Å². The molecule has 1 aliphatic carbocycles. The van der Waals surface area contributed by atoms with E-state index in [1.165, 1.54) is 19.3 Å². The third-order valence-corrected chi connectivity index (χ3v) is 5.32. The molecule has 1 saturated carbocycles. The highest BCUT2D eigenvalue weighted by Crippen LogP contribution is 2.43. The molecule has 2 aliphatic rings. The van der Waals surface area contributed by atoms with Crippen LogP contribution in [-0.2, 0) is 5.60 Å². The molecule has 0 aromatic heterocycles. The lowest BCUT2D eigenvalue weighted by Crippen LogP contribution is -2.49. The maximum absolute atomic E-state index is 11.3. The van der Waals surface area contributed by atoms with E-state index in [0.717, 1.165) is 25.9 Å². The van der Waals surface area contributed by atoms with Gasteiger partial charge in [-0.05, 0) is 44.3 Å². The zero-order valence-corrected chi connectivity index (χ0v) is 13.8. The van der Waals surface area contributed by atoms with Gasteiger partial charge in [0.1, 0.15) is 5.60 Å². The fourth-order valence-electron chi connectivity index (χ4n) is 3.85. The third kappa shape index (κ3) is 3.45. The first-order chi connectivity index (χ1) is 11.1. The lowest BCUT2D eigenvalue weighted by atomic mass is 9.76. The standard InChI is InChI=1S/C20H27NO2/c22-19(12-5-6-13-19)20(23,18-10-3-1-4-11-18)14-9-17-21-15-7-2-8-16-21/h1,3-4,10-11,22-23H,2,5-8,12-13,15-17H2/t20-/m0/s1. The van der Waals surface area contributed by atoms with Gasteiger partial charge < -0.3 is 10.2 Å². The molecule has 1 atom stereocenters. The lowest BCUT2D eigenvalue weighted by Gasteiger charge is -2.38. The Morgan fingerprint density at radius 2 is 1.65 bits per heavy atom. The highest BCUT2D eigenvalue weighted by molar-refractivity contribution is 5.37. The van der Waals surface area contributed by atoms with Crippen LogP contribution in [0.4, 0.5) is 0 Å². The summed E-state index contributed by atoms with van der Waals surface area (Å²) in [5.41, 5.74) is -1.90. The minimum Gasteiger partial charge on any atom is -0.385 e. The normalized spacial score (nSPS) is 23.7. The highest BCUT2D eigenvalue weighted by Gasteiger charge is 2.51. The van der Waals surface area contributed by atoms with Gasteiger partial charge >= 0.3 is 0 Å². The summed E-state index contributed by atoms with van der Waals surface area (Å²) in [5, 5.41) is 22.4. The first-order valence-corrected chi connectivity index (χ1v) is 8.87. The van der Waals surface area contributed by atoms with Gasteiger partial charge in [-0.2, -0.15) is 0 Å². The molecule has 0 amide bonds. The van der Waals surface area contributed by atoms with Crippen LogP contribution in [0.15, 0.2) is 30.3 Å². The smallest absolute Gasteiger partial charge is 0.179 e. The quantitative estimate of drug-likeness (QED) is 0.843. The summed E-state index contributed by atoms with van der Waals surface area (Å²) >= 11 is 0. The van der Waals surface area contributed by atoms with Gasteiger partial charge in [0, 0.05) is 0 Å². The van der Waals surface area contributed by atoms with E-state index < -0.39 is 11.2 Å². The number of hydrogen-bond acceptors (Lipinski definition) is 3. The van der Waals surface area contributed by atoms with E-state index in [2.05, 4.69) is 16.7 Å². The fraction of sp³-hybridized carbons (Fsp3) is 0.600. The Morgan fingerprint density at radius 1 is 1.00 bits per heavy atom. The van der Waals surface area contributed by atoms with Crippen molar-refractivity contribution in [3.63, 3.8) is 0 Å². The molecule has 0 unspecified atom stereocenters. The van der Waals surface area contributed by atoms with E-state index in [1.54, 1.807) is 0 Å². The van der Waals surface area contributed by atoms with Crippen LogP contribution < -0.4 is 0 Å². The Kier molecular flexibility index (Phi) is 5.06. The predicted octanol–water partition coefficient (Wildman–Crippen LogP) is 2.67. The largest absolute Gasteiger partial charge is 0.385 e. The second kappa shape index (κ2) is 7.05. The molecule has 1 aromatic rings. The summed E-state index contributed by atoms with van der Waals surface area (Å²) in [4.78, 5) is 2.33. The molecule has 3 rings (SSSR count). The average Bonchev–Trinajstić information content (AvgIpc) is 3.05. The van der Waals surface area contributed by atoms with Crippen LogP contribution in [0.25, 0.3) is 0 Å². The van der Waals surface area contributed by atoms with E-state index >= 15 is 0 Å². The van der Waals surface area contributed by atoms with Gasteiger partial charge in [0.25, 0.3) is 0 Å². The summed E-state index contributed by atoms with van der Waals surface area (Å²) in [6, 6.07) is 9.44. The second-order valence-corrected chi connectivity index (χ2v) is 6.95. The Bertz CT molecular complexity index is 562. The summed E-state index contributed by atoms with van der Waals surface area (Å²) < 4.78 is 0. The van der Waals surface area contributed by atoms with Crippen LogP contribution in [0.5, 0.6) is 0 Å². The summed E-state index contributed by atoms with van der Waals surface area (Å²) in [5.74, 6) is 6.22. The number of nitrogens with zero attached hydrogens (tertiary/aromatic N) is 1. The molecule has 2 N–H and O–H groups in total. The molecule has 0 spiro atoms. The molecule has 1 aromatic carbocycles. The van der Waals surface area contributed by atoms with Crippen LogP contribution >= 0.6 is 0 Å². The maximum Gasteiger partial charge on any atom is 0.179 e. The SMILES string of the molecule is OC1([C@](O)(C#CCN2CCCCC2)c2ccccc2)CCCC1. The molecular weight excluding hydrogens is 286 g/mol. The molecule has 1 saturated heterocycles. The number of piperidine rings is 1. The summed E-state index contributed by atoms with van der Waals surface area (Å²) in [6.07, 6.45) is 6.87. The van der Waals surface area contributed by atoms with E-state index in [0.29, 0.717) is 24.9 Å². The van der Waals surface area contributed by atoms with E-state index in [-0.39, 0.29) is 0 Å². The summed E-state index contributed by atoms with van der Waals surface area (Å²) in [6.45, 7) is 2.84. The van der Waals surface area contributed by atoms with Crippen LogP contribution in [0, 0.1) is 11.8 Å². The third-order valence-electron chi connectivity index (χ3n) is 5.32. The molecule has 0 radical (unpaired) electrons. The molecule has 1 heterocycles. The van der Waals surface area contributed by atoms with Gasteiger partial charge in [-0.15, -0.1) is 0 Å². The van der Waals surface area contributed by atoms with Crippen molar-refractivity contribution in [3.8, 4) is 11.8 Å². The number of rotatable bonds is 3. The summed E-state index contributed by atoms with van der Waals surface area (Å²) in [7, 11) is 0. The highest BCUT2D eigenvalue weighted by atomic mass is 16.4. The van der Waals surface area contributed by atoms with Gasteiger partial charge in [-0.1, -0.05) is 61.4 Å². The minimum atomic E-state index is -1.47. The molecule has 0 bridgehead atoms. The lowest BCUT2D eigenvalue weighted by molar-refractivity contribution is -0.118. The zero-order chi connectivity index (χ0) is 16.2. The van der Waals surface area contributed by atoms with Crippen molar-refractivity contribution in [2.75, 3.05) is 19.6 Å². The molecular formula is C20H27NO2. The Balaban J connectivity index is 1.84. The van der Waals surface area contributed by atoms with E-state index in [9.17, 15) is 10.2 Å². The molecule has 3 nitrogen and oxygen atoms in total. The van der Waals surface area contributed by atoms with Crippen LogP contribution in [0.1, 0.15) is 50.5 Å². The molecule has 124 valence electrons. The van der Waals surface area contributed by atoms with Crippen molar-refractivity contribution in [2.24, 2.45) is 0 Å². The van der Waals surface area contributed by atoms with Gasteiger partial charge in [-0.3, -0.25) is 4.90 Å². The first-order valence-electron chi connectivity index (χ1n) is 8.87. The fourth-order valence-corrected chi connectivity index (χ4v) is 3.85. The molecule has 1 aliphatic heterocycles. The first kappa shape index (κ1) is 16.5. The topological polar surface area (TPSA) is 43.7 Å². The van der Waals surface area contributed by atoms with Crippen molar-refractivity contribution in [1.29, 1.82) is 0 Å². The van der Waals surface area contributed by atoms with Gasteiger partial charge in [0.15, 0.2) is 5.60 Å². The number of benzene rings is 1. The number of aliphatic hydroxyl groups is 2. The Morgan fingerprint density at radius 3 is 2.30 bits per heavy atom. The van der Waals surface area contributed by atoms with Gasteiger partial charge in [-0.25, -0.2) is 0 Å². The zero-order valence-electron chi connectivity index (χ0n) is 13.8. The average molecular weight is 313 g/mol. The number of likely N-dealkylation sites (tertiary alicyclic amines) is 1. The van der Waals surface area contributed by atoms with Crippen LogP contribution in [-0.4, -0.2) is 40.3 Å². The van der Waals surface area contributed by atoms with E-state index in [1.807, 2.05) is 30.3 Å². The van der Waals surface area contributed by atoms with E-state index in [4.69, 9.17) is 0 Å². The monoisotopic (exact) mass is 313 g/mol. The van der Waals surface area contributed by atoms with Crippen LogP contribution in [0.2, 0.25) is 0 Å². The van der Waals surface area contributed by atoms with Gasteiger partial charge in [0.2, 0.25) is 0 Å². The van der Waals surface area contributed by atoms with Crippen molar-refractivity contribution >= 4 is 0 Å². The molecule has 3 heteroatoms. The second-order valence-electron chi connectivity index (χ2n) is 6.95. The molecule has 23 heavy (non-hydrogen) atoms. The van der Waals surface area contributed by atoms with Crippen LogP contribution in [0.3, 0.4) is 0 Å². The van der Waals surface area contributed by atoms with Crippen molar-refractivity contribution in [3.05, 3.63) is 35.9 Å². The maximum atomic E-state index is 11.3. The number of hydrogen-bond donors (Lipinski definition) is 2. The minimum absolute atomic E-state index is 0.608. The van der Waals surface area contributed by atoms with Crippen molar-refractivity contribution < 1.29 is 10.2 Å². The van der Waals surface area contributed by atoms with Crippen molar-refractivity contribution in [2.45, 2.75) is 56.1 Å². The van der Waals surface area contributed by atoms with Crippen molar-refractivity contribution in [1.82, 2.24) is 4.90 Å². The molecule has 2 fully saturated rings. The Hall–Kier alpha value is -1.34.